The number of aryl methyl sites for hydroxylation is 2. The zero-order chi connectivity index (χ0) is 13.1. The van der Waals surface area contributed by atoms with Gasteiger partial charge in [-0.15, -0.1) is 11.3 Å². The highest BCUT2D eigenvalue weighted by Gasteiger charge is 2.14. The summed E-state index contributed by atoms with van der Waals surface area (Å²) in [5, 5.41) is 14.6. The van der Waals surface area contributed by atoms with Crippen LogP contribution >= 0.6 is 11.3 Å². The van der Waals surface area contributed by atoms with Gasteiger partial charge >= 0.3 is 0 Å². The molecule has 1 N–H and O–H groups in total. The Morgan fingerprint density at radius 1 is 1.37 bits per heavy atom. The van der Waals surface area contributed by atoms with Crippen LogP contribution in [0.4, 0.5) is 5.82 Å². The van der Waals surface area contributed by atoms with Gasteiger partial charge in [0.2, 0.25) is 0 Å². The van der Waals surface area contributed by atoms with E-state index in [1.807, 2.05) is 12.1 Å². The van der Waals surface area contributed by atoms with Crippen molar-refractivity contribution in [2.45, 2.75) is 32.2 Å². The summed E-state index contributed by atoms with van der Waals surface area (Å²) in [5.74, 6) is 0.733. The van der Waals surface area contributed by atoms with Crippen molar-refractivity contribution in [2.24, 2.45) is 0 Å². The van der Waals surface area contributed by atoms with Crippen molar-refractivity contribution >= 4 is 17.2 Å². The quantitative estimate of drug-likeness (QED) is 0.927. The van der Waals surface area contributed by atoms with Crippen molar-refractivity contribution in [1.29, 1.82) is 5.26 Å². The van der Waals surface area contributed by atoms with Crippen LogP contribution in [0.1, 0.15) is 34.5 Å². The van der Waals surface area contributed by atoms with Gasteiger partial charge in [0.1, 0.15) is 11.9 Å². The third-order valence-corrected chi connectivity index (χ3v) is 4.31. The molecule has 1 aliphatic rings. The third-order valence-electron chi connectivity index (χ3n) is 3.43. The SMILES string of the molecule is N#Cc1cc2c(nc1NCc1cccs1)CCCC2. The summed E-state index contributed by atoms with van der Waals surface area (Å²) < 4.78 is 0. The zero-order valence-corrected chi connectivity index (χ0v) is 11.5. The molecule has 0 unspecified atom stereocenters. The maximum absolute atomic E-state index is 9.25. The molecule has 0 saturated carbocycles. The summed E-state index contributed by atoms with van der Waals surface area (Å²) in [6.07, 6.45) is 4.51. The van der Waals surface area contributed by atoms with Gasteiger partial charge in [0.25, 0.3) is 0 Å². The summed E-state index contributed by atoms with van der Waals surface area (Å²) in [7, 11) is 0. The Balaban J connectivity index is 1.85. The largest absolute Gasteiger partial charge is 0.364 e. The predicted molar refractivity (Wildman–Crippen MR) is 77.2 cm³/mol. The summed E-state index contributed by atoms with van der Waals surface area (Å²) >= 11 is 1.71. The summed E-state index contributed by atoms with van der Waals surface area (Å²) in [4.78, 5) is 5.91. The number of anilines is 1. The normalized spacial score (nSPS) is 13.6. The Hall–Kier alpha value is -1.86. The molecule has 19 heavy (non-hydrogen) atoms. The van der Waals surface area contributed by atoms with E-state index >= 15 is 0 Å². The van der Waals surface area contributed by atoms with E-state index in [0.29, 0.717) is 5.56 Å². The number of aromatic nitrogens is 1. The van der Waals surface area contributed by atoms with Crippen molar-refractivity contribution in [3.8, 4) is 6.07 Å². The molecule has 0 fully saturated rings. The number of nitriles is 1. The average molecular weight is 269 g/mol. The summed E-state index contributed by atoms with van der Waals surface area (Å²) in [6, 6.07) is 8.39. The van der Waals surface area contributed by atoms with Gasteiger partial charge in [-0.25, -0.2) is 4.98 Å². The molecule has 2 aromatic heterocycles. The number of rotatable bonds is 3. The molecule has 0 saturated heterocycles. The molecule has 0 amide bonds. The molecule has 3 rings (SSSR count). The first-order valence-corrected chi connectivity index (χ1v) is 7.44. The van der Waals surface area contributed by atoms with Crippen LogP contribution in [-0.4, -0.2) is 4.98 Å². The molecule has 96 valence electrons. The smallest absolute Gasteiger partial charge is 0.144 e. The van der Waals surface area contributed by atoms with Crippen molar-refractivity contribution in [2.75, 3.05) is 5.32 Å². The van der Waals surface area contributed by atoms with Crippen molar-refractivity contribution in [1.82, 2.24) is 4.98 Å². The lowest BCUT2D eigenvalue weighted by Crippen LogP contribution is -2.10. The lowest BCUT2D eigenvalue weighted by Gasteiger charge is -2.17. The lowest BCUT2D eigenvalue weighted by molar-refractivity contribution is 0.668. The number of nitrogens with one attached hydrogen (secondary N) is 1. The van der Waals surface area contributed by atoms with E-state index < -0.39 is 0 Å². The van der Waals surface area contributed by atoms with Crippen molar-refractivity contribution in [3.63, 3.8) is 0 Å². The van der Waals surface area contributed by atoms with Gasteiger partial charge in [0, 0.05) is 10.6 Å². The van der Waals surface area contributed by atoms with Gasteiger partial charge in [0.15, 0.2) is 0 Å². The molecule has 0 radical (unpaired) electrons. The molecular weight excluding hydrogens is 254 g/mol. The van der Waals surface area contributed by atoms with Crippen LogP contribution in [0, 0.1) is 11.3 Å². The van der Waals surface area contributed by atoms with E-state index in [9.17, 15) is 5.26 Å². The van der Waals surface area contributed by atoms with Crippen LogP contribution in [0.15, 0.2) is 23.6 Å². The fourth-order valence-corrected chi connectivity index (χ4v) is 3.08. The van der Waals surface area contributed by atoms with Gasteiger partial charge in [0.05, 0.1) is 12.1 Å². The van der Waals surface area contributed by atoms with E-state index in [-0.39, 0.29) is 0 Å². The number of hydrogen-bond donors (Lipinski definition) is 1. The molecule has 2 aromatic rings. The second-order valence-corrected chi connectivity index (χ2v) is 5.77. The number of hydrogen-bond acceptors (Lipinski definition) is 4. The van der Waals surface area contributed by atoms with Crippen LogP contribution in [0.5, 0.6) is 0 Å². The van der Waals surface area contributed by atoms with E-state index in [1.165, 1.54) is 29.0 Å². The number of nitrogens with zero attached hydrogens (tertiary/aromatic N) is 2. The molecule has 1 aliphatic carbocycles. The number of fused-ring (bicyclic) bond motifs is 1. The van der Waals surface area contributed by atoms with Crippen molar-refractivity contribution < 1.29 is 0 Å². The fourth-order valence-electron chi connectivity index (χ4n) is 2.44. The van der Waals surface area contributed by atoms with Gasteiger partial charge in [-0.2, -0.15) is 5.26 Å². The Morgan fingerprint density at radius 2 is 2.26 bits per heavy atom. The molecule has 3 nitrogen and oxygen atoms in total. The second kappa shape index (κ2) is 5.41. The monoisotopic (exact) mass is 269 g/mol. The van der Waals surface area contributed by atoms with E-state index in [2.05, 4.69) is 27.8 Å². The maximum atomic E-state index is 9.25. The minimum absolute atomic E-state index is 0.664. The van der Waals surface area contributed by atoms with Gasteiger partial charge in [-0.3, -0.25) is 0 Å². The van der Waals surface area contributed by atoms with Gasteiger partial charge in [-0.1, -0.05) is 6.07 Å². The first kappa shape index (κ1) is 12.2. The molecule has 0 atom stereocenters. The van der Waals surface area contributed by atoms with E-state index in [1.54, 1.807) is 11.3 Å². The molecule has 2 heterocycles. The third kappa shape index (κ3) is 2.61. The topological polar surface area (TPSA) is 48.7 Å². The van der Waals surface area contributed by atoms with E-state index in [4.69, 9.17) is 0 Å². The first-order chi connectivity index (χ1) is 9.36. The van der Waals surface area contributed by atoms with Gasteiger partial charge in [-0.05, 0) is 48.8 Å². The number of thiophene rings is 1. The van der Waals surface area contributed by atoms with Crippen molar-refractivity contribution in [3.05, 3.63) is 45.3 Å². The van der Waals surface area contributed by atoms with Crippen LogP contribution in [0.3, 0.4) is 0 Å². The second-order valence-electron chi connectivity index (χ2n) is 4.74. The average Bonchev–Trinajstić information content (AvgIpc) is 2.97. The summed E-state index contributed by atoms with van der Waals surface area (Å²) in [6.45, 7) is 0.734. The summed E-state index contributed by atoms with van der Waals surface area (Å²) in [5.41, 5.74) is 3.08. The van der Waals surface area contributed by atoms with Gasteiger partial charge < -0.3 is 5.32 Å². The Labute approximate surface area is 116 Å². The minimum Gasteiger partial charge on any atom is -0.364 e. The molecule has 4 heteroatoms. The maximum Gasteiger partial charge on any atom is 0.144 e. The number of pyridine rings is 1. The van der Waals surface area contributed by atoms with Crippen LogP contribution < -0.4 is 5.32 Å². The van der Waals surface area contributed by atoms with Crippen LogP contribution in [-0.2, 0) is 19.4 Å². The van der Waals surface area contributed by atoms with E-state index in [0.717, 1.165) is 25.2 Å². The minimum atomic E-state index is 0.664. The highest BCUT2D eigenvalue weighted by Crippen LogP contribution is 2.24. The molecular formula is C15H15N3S. The zero-order valence-electron chi connectivity index (χ0n) is 10.6. The molecule has 0 aliphatic heterocycles. The van der Waals surface area contributed by atoms with Crippen LogP contribution in [0.25, 0.3) is 0 Å². The lowest BCUT2D eigenvalue weighted by atomic mass is 9.95. The fraction of sp³-hybridized carbons (Fsp3) is 0.333. The molecule has 0 aromatic carbocycles. The first-order valence-electron chi connectivity index (χ1n) is 6.56. The highest BCUT2D eigenvalue weighted by atomic mass is 32.1. The van der Waals surface area contributed by atoms with Crippen LogP contribution in [0.2, 0.25) is 0 Å². The Kier molecular flexibility index (Phi) is 3.47. The Morgan fingerprint density at radius 3 is 3.05 bits per heavy atom. The predicted octanol–water partition coefficient (Wildman–Crippen LogP) is 3.51. The highest BCUT2D eigenvalue weighted by molar-refractivity contribution is 7.09. The Bertz CT molecular complexity index is 611. The molecule has 0 spiro atoms. The standard InChI is InChI=1S/C15H15N3S/c16-9-12-8-11-4-1-2-6-14(11)18-15(12)17-10-13-5-3-7-19-13/h3,5,7-8H,1-2,4,6,10H2,(H,17,18). The molecule has 0 bridgehead atoms.